The van der Waals surface area contributed by atoms with E-state index < -0.39 is 0 Å². The zero-order valence-electron chi connectivity index (χ0n) is 16.2. The van der Waals surface area contributed by atoms with Crippen LogP contribution in [0.2, 0.25) is 10.0 Å². The first kappa shape index (κ1) is 22.1. The highest BCUT2D eigenvalue weighted by molar-refractivity contribution is 7.99. The third-order valence-corrected chi connectivity index (χ3v) is 5.82. The molecule has 0 unspecified atom stereocenters. The van der Waals surface area contributed by atoms with E-state index in [-0.39, 0.29) is 29.0 Å². The number of halogens is 2. The molecule has 1 aromatic heterocycles. The number of Topliss-reactive ketones (excluding diaryl/α,β-unsaturated/α-hetero) is 1. The molecular weight excluding hydrogens is 447 g/mol. The van der Waals surface area contributed by atoms with Crippen molar-refractivity contribution in [2.24, 2.45) is 7.05 Å². The number of nitrogens with zero attached hydrogens (tertiary/aromatic N) is 3. The number of ether oxygens (including phenoxy) is 1. The van der Waals surface area contributed by atoms with Gasteiger partial charge in [-0.3, -0.25) is 9.59 Å². The maximum absolute atomic E-state index is 12.4. The van der Waals surface area contributed by atoms with Gasteiger partial charge in [-0.1, -0.05) is 35.0 Å². The number of ketones is 1. The molecule has 0 spiro atoms. The van der Waals surface area contributed by atoms with E-state index in [1.54, 1.807) is 55.1 Å². The number of nitrogens with one attached hydrogen (secondary N) is 1. The highest BCUT2D eigenvalue weighted by Crippen LogP contribution is 2.21. The molecule has 0 fully saturated rings. The molecular formula is C20H18Cl2N4O3S. The third kappa shape index (κ3) is 5.33. The van der Waals surface area contributed by atoms with Gasteiger partial charge in [0.05, 0.1) is 30.0 Å². The molecule has 1 amide bonds. The molecule has 0 saturated heterocycles. The maximum Gasteiger partial charge on any atom is 0.253 e. The summed E-state index contributed by atoms with van der Waals surface area (Å²) in [6, 6.07) is 11.6. The van der Waals surface area contributed by atoms with Crippen LogP contribution in [0, 0.1) is 0 Å². The second-order valence-corrected chi connectivity index (χ2v) is 7.99. The summed E-state index contributed by atoms with van der Waals surface area (Å²) in [4.78, 5) is 24.7. The van der Waals surface area contributed by atoms with E-state index in [1.807, 2.05) is 0 Å². The summed E-state index contributed by atoms with van der Waals surface area (Å²) in [6.07, 6.45) is 0. The van der Waals surface area contributed by atoms with Gasteiger partial charge in [0.15, 0.2) is 16.8 Å². The Hall–Kier alpha value is -2.55. The lowest BCUT2D eigenvalue weighted by atomic mass is 10.1. The average Bonchev–Trinajstić information content (AvgIpc) is 3.09. The van der Waals surface area contributed by atoms with E-state index in [0.29, 0.717) is 32.9 Å². The van der Waals surface area contributed by atoms with E-state index in [9.17, 15) is 9.59 Å². The van der Waals surface area contributed by atoms with Crippen LogP contribution in [0.3, 0.4) is 0 Å². The predicted octanol–water partition coefficient (Wildman–Crippen LogP) is 4.04. The van der Waals surface area contributed by atoms with Gasteiger partial charge in [0, 0.05) is 17.6 Å². The second-order valence-electron chi connectivity index (χ2n) is 6.21. The lowest BCUT2D eigenvalue weighted by Gasteiger charge is -2.07. The fourth-order valence-electron chi connectivity index (χ4n) is 2.54. The van der Waals surface area contributed by atoms with Crippen LogP contribution in [0.25, 0.3) is 0 Å². The number of aromatic nitrogens is 3. The van der Waals surface area contributed by atoms with Crippen molar-refractivity contribution in [3.8, 4) is 5.75 Å². The van der Waals surface area contributed by atoms with E-state index >= 15 is 0 Å². The number of carbonyl (C=O) groups excluding carboxylic acids is 2. The van der Waals surface area contributed by atoms with Gasteiger partial charge in [0.25, 0.3) is 5.91 Å². The Morgan fingerprint density at radius 1 is 1.13 bits per heavy atom. The Kier molecular flexibility index (Phi) is 7.36. The smallest absolute Gasteiger partial charge is 0.253 e. The number of hydrogen-bond donors (Lipinski definition) is 1. The molecule has 10 heteroatoms. The number of carbonyl (C=O) groups is 2. The van der Waals surface area contributed by atoms with Crippen molar-refractivity contribution in [2.45, 2.75) is 11.7 Å². The van der Waals surface area contributed by atoms with Gasteiger partial charge in [-0.25, -0.2) is 0 Å². The van der Waals surface area contributed by atoms with Gasteiger partial charge in [0.1, 0.15) is 5.75 Å². The van der Waals surface area contributed by atoms with E-state index in [4.69, 9.17) is 27.9 Å². The van der Waals surface area contributed by atoms with Crippen LogP contribution in [0.15, 0.2) is 47.6 Å². The Morgan fingerprint density at radius 3 is 2.53 bits per heavy atom. The van der Waals surface area contributed by atoms with Crippen molar-refractivity contribution >= 4 is 46.7 Å². The van der Waals surface area contributed by atoms with Crippen LogP contribution in [0.5, 0.6) is 5.75 Å². The van der Waals surface area contributed by atoms with Crippen LogP contribution in [-0.4, -0.2) is 39.3 Å². The Bertz CT molecular complexity index is 1070. The first-order chi connectivity index (χ1) is 14.4. The molecule has 1 heterocycles. The van der Waals surface area contributed by atoms with E-state index in [2.05, 4.69) is 15.5 Å². The average molecular weight is 465 g/mol. The fourth-order valence-corrected chi connectivity index (χ4v) is 3.86. The number of methoxy groups -OCH3 is 1. The molecule has 3 aromatic rings. The molecule has 30 heavy (non-hydrogen) atoms. The first-order valence-corrected chi connectivity index (χ1v) is 10.5. The SMILES string of the molecule is COc1ccc(C(=O)CSc2nnc(CNC(=O)c3ccc(Cl)cc3Cl)n2C)cc1. The van der Waals surface area contributed by atoms with Crippen molar-refractivity contribution in [2.75, 3.05) is 12.9 Å². The molecule has 0 atom stereocenters. The number of benzene rings is 2. The van der Waals surface area contributed by atoms with Crippen LogP contribution >= 0.6 is 35.0 Å². The summed E-state index contributed by atoms with van der Waals surface area (Å²) in [6.45, 7) is 0.161. The quantitative estimate of drug-likeness (QED) is 0.399. The molecule has 0 bridgehead atoms. The number of thioether (sulfide) groups is 1. The highest BCUT2D eigenvalue weighted by atomic mass is 35.5. The van der Waals surface area contributed by atoms with Gasteiger partial charge in [-0.05, 0) is 42.5 Å². The number of hydrogen-bond acceptors (Lipinski definition) is 6. The first-order valence-electron chi connectivity index (χ1n) is 8.80. The van der Waals surface area contributed by atoms with Crippen LogP contribution < -0.4 is 10.1 Å². The summed E-state index contributed by atoms with van der Waals surface area (Å²) in [7, 11) is 3.35. The normalized spacial score (nSPS) is 10.7. The summed E-state index contributed by atoms with van der Waals surface area (Å²) >= 11 is 13.2. The summed E-state index contributed by atoms with van der Waals surface area (Å²) in [5, 5.41) is 12.2. The Balaban J connectivity index is 1.57. The van der Waals surface area contributed by atoms with E-state index in [0.717, 1.165) is 0 Å². The van der Waals surface area contributed by atoms with Gasteiger partial charge in [-0.15, -0.1) is 10.2 Å². The van der Waals surface area contributed by atoms with E-state index in [1.165, 1.54) is 17.8 Å². The molecule has 7 nitrogen and oxygen atoms in total. The van der Waals surface area contributed by atoms with Crippen molar-refractivity contribution in [3.05, 3.63) is 69.5 Å². The fraction of sp³-hybridized carbons (Fsp3) is 0.200. The summed E-state index contributed by atoms with van der Waals surface area (Å²) in [5.41, 5.74) is 0.917. The molecule has 0 radical (unpaired) electrons. The Labute approximate surface area is 187 Å². The van der Waals surface area contributed by atoms with Crippen molar-refractivity contribution in [1.82, 2.24) is 20.1 Å². The minimum Gasteiger partial charge on any atom is -0.497 e. The van der Waals surface area contributed by atoms with Crippen LogP contribution in [-0.2, 0) is 13.6 Å². The Morgan fingerprint density at radius 2 is 1.87 bits per heavy atom. The minimum absolute atomic E-state index is 0.0297. The molecule has 0 aliphatic rings. The molecule has 156 valence electrons. The van der Waals surface area contributed by atoms with Crippen LogP contribution in [0.4, 0.5) is 0 Å². The second kappa shape index (κ2) is 9.97. The molecule has 3 rings (SSSR count). The molecule has 0 aliphatic carbocycles. The molecule has 0 aliphatic heterocycles. The maximum atomic E-state index is 12.4. The van der Waals surface area contributed by atoms with Gasteiger partial charge in [-0.2, -0.15) is 0 Å². The molecule has 0 saturated carbocycles. The van der Waals surface area contributed by atoms with Gasteiger partial charge in [0.2, 0.25) is 0 Å². The predicted molar refractivity (Wildman–Crippen MR) is 117 cm³/mol. The van der Waals surface area contributed by atoms with Crippen molar-refractivity contribution in [1.29, 1.82) is 0 Å². The highest BCUT2D eigenvalue weighted by Gasteiger charge is 2.15. The monoisotopic (exact) mass is 464 g/mol. The van der Waals surface area contributed by atoms with Crippen molar-refractivity contribution < 1.29 is 14.3 Å². The number of rotatable bonds is 8. The number of amides is 1. The molecule has 2 aromatic carbocycles. The standard InChI is InChI=1S/C20H18Cl2N4O3S/c1-26-18(10-23-19(28)15-8-5-13(21)9-16(15)22)24-25-20(26)30-11-17(27)12-3-6-14(29-2)7-4-12/h3-9H,10-11H2,1-2H3,(H,23,28). The molecule has 1 N–H and O–H groups in total. The summed E-state index contributed by atoms with van der Waals surface area (Å²) < 4.78 is 6.83. The van der Waals surface area contributed by atoms with Crippen LogP contribution in [0.1, 0.15) is 26.5 Å². The lowest BCUT2D eigenvalue weighted by Crippen LogP contribution is -2.24. The zero-order valence-corrected chi connectivity index (χ0v) is 18.5. The zero-order chi connectivity index (χ0) is 21.7. The third-order valence-electron chi connectivity index (χ3n) is 4.25. The summed E-state index contributed by atoms with van der Waals surface area (Å²) in [5.74, 6) is 1.08. The van der Waals surface area contributed by atoms with Gasteiger partial charge < -0.3 is 14.6 Å². The lowest BCUT2D eigenvalue weighted by molar-refractivity contribution is 0.0949. The largest absolute Gasteiger partial charge is 0.497 e. The van der Waals surface area contributed by atoms with Gasteiger partial charge >= 0.3 is 0 Å². The topological polar surface area (TPSA) is 86.1 Å². The van der Waals surface area contributed by atoms with Crippen molar-refractivity contribution in [3.63, 3.8) is 0 Å². The minimum atomic E-state index is -0.344.